The highest BCUT2D eigenvalue weighted by Gasteiger charge is 2.17. The van der Waals surface area contributed by atoms with E-state index in [1.165, 1.54) is 13.2 Å². The Balaban J connectivity index is 1.75. The molecular formula is C26H18Cl2N4O2. The number of carbonyl (C=O) groups is 1. The van der Waals surface area contributed by atoms with Gasteiger partial charge in [-0.2, -0.15) is 10.4 Å². The molecule has 0 fully saturated rings. The van der Waals surface area contributed by atoms with Crippen LogP contribution in [0.1, 0.15) is 5.56 Å². The molecule has 6 nitrogen and oxygen atoms in total. The van der Waals surface area contributed by atoms with Crippen molar-refractivity contribution in [1.29, 1.82) is 5.26 Å². The number of benzene rings is 3. The third-order valence-corrected chi connectivity index (χ3v) is 5.44. The van der Waals surface area contributed by atoms with Crippen LogP contribution in [0, 0.1) is 11.3 Å². The van der Waals surface area contributed by atoms with Crippen molar-refractivity contribution in [3.8, 4) is 28.8 Å². The molecule has 0 aliphatic heterocycles. The average Bonchev–Trinajstić information content (AvgIpc) is 3.27. The fourth-order valence-corrected chi connectivity index (χ4v) is 3.61. The molecular weight excluding hydrogens is 471 g/mol. The Kier molecular flexibility index (Phi) is 6.98. The molecule has 0 bridgehead atoms. The minimum Gasteiger partial charge on any atom is -0.495 e. The molecule has 34 heavy (non-hydrogen) atoms. The SMILES string of the molecule is COc1ccc(Cl)cc1NC(=O)C(C#N)=Cc1cn(-c2ccccc2)nc1-c1ccc(Cl)cc1. The fraction of sp³-hybridized carbons (Fsp3) is 0.0385. The van der Waals surface area contributed by atoms with E-state index in [-0.39, 0.29) is 5.57 Å². The lowest BCUT2D eigenvalue weighted by Gasteiger charge is -2.10. The van der Waals surface area contributed by atoms with Gasteiger partial charge in [0.15, 0.2) is 0 Å². The van der Waals surface area contributed by atoms with E-state index < -0.39 is 5.91 Å². The molecule has 1 heterocycles. The van der Waals surface area contributed by atoms with Crippen LogP contribution in [0.15, 0.2) is 84.6 Å². The summed E-state index contributed by atoms with van der Waals surface area (Å²) in [4.78, 5) is 13.0. The van der Waals surface area contributed by atoms with E-state index in [0.29, 0.717) is 32.7 Å². The molecule has 1 amide bonds. The van der Waals surface area contributed by atoms with E-state index in [9.17, 15) is 10.1 Å². The van der Waals surface area contributed by atoms with Crippen LogP contribution >= 0.6 is 23.2 Å². The molecule has 1 aromatic heterocycles. The van der Waals surface area contributed by atoms with E-state index in [1.807, 2.05) is 48.5 Å². The number of hydrogen-bond donors (Lipinski definition) is 1. The number of aromatic nitrogens is 2. The number of ether oxygens (including phenoxy) is 1. The smallest absolute Gasteiger partial charge is 0.266 e. The first-order chi connectivity index (χ1) is 16.5. The summed E-state index contributed by atoms with van der Waals surface area (Å²) >= 11 is 12.1. The monoisotopic (exact) mass is 488 g/mol. The second kappa shape index (κ2) is 10.3. The highest BCUT2D eigenvalue weighted by atomic mass is 35.5. The van der Waals surface area contributed by atoms with Crippen LogP contribution < -0.4 is 10.1 Å². The quantitative estimate of drug-likeness (QED) is 0.251. The van der Waals surface area contributed by atoms with Crippen LogP contribution in [-0.2, 0) is 4.79 Å². The second-order valence-corrected chi connectivity index (χ2v) is 8.06. The summed E-state index contributed by atoms with van der Waals surface area (Å²) in [6.45, 7) is 0. The van der Waals surface area contributed by atoms with Crippen LogP contribution in [0.5, 0.6) is 5.75 Å². The van der Waals surface area contributed by atoms with Crippen molar-refractivity contribution >= 4 is 40.9 Å². The molecule has 0 radical (unpaired) electrons. The average molecular weight is 489 g/mol. The molecule has 0 aliphatic carbocycles. The zero-order valence-electron chi connectivity index (χ0n) is 18.0. The van der Waals surface area contributed by atoms with Gasteiger partial charge in [-0.25, -0.2) is 4.68 Å². The number of carbonyl (C=O) groups excluding carboxylic acids is 1. The molecule has 0 aliphatic rings. The molecule has 4 aromatic rings. The van der Waals surface area contributed by atoms with Crippen molar-refractivity contribution in [3.63, 3.8) is 0 Å². The van der Waals surface area contributed by atoms with Gasteiger partial charge < -0.3 is 10.1 Å². The van der Waals surface area contributed by atoms with Gasteiger partial charge in [0.2, 0.25) is 0 Å². The summed E-state index contributed by atoms with van der Waals surface area (Å²) < 4.78 is 6.97. The predicted molar refractivity (Wildman–Crippen MR) is 134 cm³/mol. The van der Waals surface area contributed by atoms with Crippen LogP contribution in [-0.4, -0.2) is 22.8 Å². The van der Waals surface area contributed by atoms with Gasteiger partial charge in [-0.3, -0.25) is 4.79 Å². The number of nitriles is 1. The van der Waals surface area contributed by atoms with Gasteiger partial charge in [0.05, 0.1) is 24.2 Å². The molecule has 4 rings (SSSR count). The van der Waals surface area contributed by atoms with Gasteiger partial charge in [-0.15, -0.1) is 0 Å². The number of nitrogens with zero attached hydrogens (tertiary/aromatic N) is 3. The third-order valence-electron chi connectivity index (χ3n) is 4.96. The summed E-state index contributed by atoms with van der Waals surface area (Å²) in [6.07, 6.45) is 3.27. The second-order valence-electron chi connectivity index (χ2n) is 7.19. The zero-order chi connectivity index (χ0) is 24.1. The van der Waals surface area contributed by atoms with E-state index in [1.54, 1.807) is 41.2 Å². The minimum atomic E-state index is -0.599. The molecule has 1 N–H and O–H groups in total. The summed E-state index contributed by atoms with van der Waals surface area (Å²) in [5.41, 5.74) is 3.07. The number of hydrogen-bond acceptors (Lipinski definition) is 4. The van der Waals surface area contributed by atoms with Gasteiger partial charge in [0, 0.05) is 27.4 Å². The van der Waals surface area contributed by atoms with Gasteiger partial charge in [-0.05, 0) is 48.5 Å². The standard InChI is InChI=1S/C26H18Cl2N4O2/c1-34-24-12-11-21(28)14-23(24)30-26(33)18(15-29)13-19-16-32(22-5-3-2-4-6-22)31-25(19)17-7-9-20(27)10-8-17/h2-14,16H,1H3,(H,30,33). The summed E-state index contributed by atoms with van der Waals surface area (Å²) in [5.74, 6) is -0.175. The first-order valence-electron chi connectivity index (χ1n) is 10.2. The number of halogens is 2. The van der Waals surface area contributed by atoms with E-state index in [2.05, 4.69) is 5.32 Å². The van der Waals surface area contributed by atoms with Crippen LogP contribution in [0.2, 0.25) is 10.0 Å². The Hall–Kier alpha value is -4.05. The largest absolute Gasteiger partial charge is 0.495 e. The molecule has 0 saturated carbocycles. The lowest BCUT2D eigenvalue weighted by atomic mass is 10.1. The van der Waals surface area contributed by atoms with E-state index in [0.717, 1.165) is 11.3 Å². The number of amides is 1. The fourth-order valence-electron chi connectivity index (χ4n) is 3.31. The zero-order valence-corrected chi connectivity index (χ0v) is 19.5. The van der Waals surface area contributed by atoms with Crippen molar-refractivity contribution in [2.45, 2.75) is 0 Å². The Bertz CT molecular complexity index is 1410. The Morgan fingerprint density at radius 2 is 1.76 bits per heavy atom. The Labute approximate surface area is 206 Å². The van der Waals surface area contributed by atoms with Crippen LogP contribution in [0.4, 0.5) is 5.69 Å². The summed E-state index contributed by atoms with van der Waals surface area (Å²) in [6, 6.07) is 23.5. The van der Waals surface area contributed by atoms with Crippen molar-refractivity contribution in [1.82, 2.24) is 9.78 Å². The maximum atomic E-state index is 13.0. The highest BCUT2D eigenvalue weighted by molar-refractivity contribution is 6.31. The number of anilines is 1. The van der Waals surface area contributed by atoms with Crippen LogP contribution in [0.3, 0.4) is 0 Å². The number of rotatable bonds is 6. The van der Waals surface area contributed by atoms with Crippen molar-refractivity contribution in [2.75, 3.05) is 12.4 Å². The molecule has 3 aromatic carbocycles. The van der Waals surface area contributed by atoms with Gasteiger partial charge in [0.25, 0.3) is 5.91 Å². The van der Waals surface area contributed by atoms with Gasteiger partial charge in [0.1, 0.15) is 17.4 Å². The highest BCUT2D eigenvalue weighted by Crippen LogP contribution is 2.29. The molecule has 0 spiro atoms. The van der Waals surface area contributed by atoms with Crippen molar-refractivity contribution in [2.24, 2.45) is 0 Å². The lowest BCUT2D eigenvalue weighted by Crippen LogP contribution is -2.14. The van der Waals surface area contributed by atoms with E-state index in [4.69, 9.17) is 33.0 Å². The summed E-state index contributed by atoms with van der Waals surface area (Å²) in [7, 11) is 1.48. The first-order valence-corrected chi connectivity index (χ1v) is 10.9. The topological polar surface area (TPSA) is 79.9 Å². The molecule has 168 valence electrons. The number of methoxy groups -OCH3 is 1. The lowest BCUT2D eigenvalue weighted by molar-refractivity contribution is -0.112. The van der Waals surface area contributed by atoms with E-state index >= 15 is 0 Å². The van der Waals surface area contributed by atoms with Gasteiger partial charge in [-0.1, -0.05) is 53.5 Å². The first kappa shape index (κ1) is 23.1. The third kappa shape index (κ3) is 5.12. The maximum absolute atomic E-state index is 13.0. The summed E-state index contributed by atoms with van der Waals surface area (Å²) in [5, 5.41) is 18.2. The molecule has 0 atom stereocenters. The predicted octanol–water partition coefficient (Wildman–Crippen LogP) is 6.40. The Morgan fingerprint density at radius 3 is 2.44 bits per heavy atom. The van der Waals surface area contributed by atoms with Crippen LogP contribution in [0.25, 0.3) is 23.0 Å². The van der Waals surface area contributed by atoms with Crippen molar-refractivity contribution < 1.29 is 9.53 Å². The molecule has 0 unspecified atom stereocenters. The maximum Gasteiger partial charge on any atom is 0.266 e. The number of nitrogens with one attached hydrogen (secondary N) is 1. The normalized spacial score (nSPS) is 11.1. The minimum absolute atomic E-state index is 0.107. The Morgan fingerprint density at radius 1 is 1.06 bits per heavy atom. The van der Waals surface area contributed by atoms with Crippen molar-refractivity contribution in [3.05, 3.63) is 100 Å². The molecule has 0 saturated heterocycles. The molecule has 8 heteroatoms. The van der Waals surface area contributed by atoms with Gasteiger partial charge >= 0.3 is 0 Å². The number of para-hydroxylation sites is 1.